The first-order valence-corrected chi connectivity index (χ1v) is 6.91. The molecule has 1 aromatic rings. The van der Waals surface area contributed by atoms with Gasteiger partial charge in [0.15, 0.2) is 0 Å². The highest BCUT2D eigenvalue weighted by molar-refractivity contribution is 5.81. The number of aryl methyl sites for hydroxylation is 1. The fraction of sp³-hybridized carbons (Fsp3) is 0.438. The lowest BCUT2D eigenvalue weighted by Gasteiger charge is -2.38. The minimum absolute atomic E-state index is 0.477. The Bertz CT molecular complexity index is 519. The molecule has 2 atom stereocenters. The maximum atomic E-state index is 10.8. The number of para-hydroxylation sites is 1. The van der Waals surface area contributed by atoms with Gasteiger partial charge in [0.2, 0.25) is 0 Å². The van der Waals surface area contributed by atoms with Crippen LogP contribution in [0.5, 0.6) is 0 Å². The lowest BCUT2D eigenvalue weighted by atomic mass is 9.95. The van der Waals surface area contributed by atoms with Crippen molar-refractivity contribution in [1.29, 1.82) is 0 Å². The van der Waals surface area contributed by atoms with E-state index >= 15 is 0 Å². The number of carbonyl (C=O) groups is 1. The summed E-state index contributed by atoms with van der Waals surface area (Å²) in [5.74, 6) is -0.807. The first kappa shape index (κ1) is 12.3. The first-order chi connectivity index (χ1) is 9.15. The van der Waals surface area contributed by atoms with Gasteiger partial charge in [-0.15, -0.1) is 0 Å². The second kappa shape index (κ2) is 4.72. The molecular weight excluding hydrogens is 238 g/mol. The summed E-state index contributed by atoms with van der Waals surface area (Å²) in [5, 5.41) is 8.90. The number of anilines is 1. The summed E-state index contributed by atoms with van der Waals surface area (Å²) in [7, 11) is 0. The maximum absolute atomic E-state index is 10.8. The van der Waals surface area contributed by atoms with Gasteiger partial charge in [0, 0.05) is 23.8 Å². The number of fused-ring (bicyclic) bond motifs is 2. The van der Waals surface area contributed by atoms with E-state index < -0.39 is 5.97 Å². The average molecular weight is 257 g/mol. The lowest BCUT2D eigenvalue weighted by molar-refractivity contribution is -0.131. The van der Waals surface area contributed by atoms with E-state index in [1.807, 2.05) is 0 Å². The van der Waals surface area contributed by atoms with Crippen molar-refractivity contribution in [3.8, 4) is 0 Å². The van der Waals surface area contributed by atoms with Crippen molar-refractivity contribution in [2.45, 2.75) is 44.7 Å². The van der Waals surface area contributed by atoms with E-state index in [1.54, 1.807) is 0 Å². The Morgan fingerprint density at radius 2 is 1.89 bits per heavy atom. The zero-order valence-electron chi connectivity index (χ0n) is 11.2. The van der Waals surface area contributed by atoms with Gasteiger partial charge < -0.3 is 10.0 Å². The number of piperidine rings is 1. The molecule has 2 fully saturated rings. The van der Waals surface area contributed by atoms with Crippen molar-refractivity contribution in [2.24, 2.45) is 0 Å². The summed E-state index contributed by atoms with van der Waals surface area (Å²) in [5.41, 5.74) is 3.74. The van der Waals surface area contributed by atoms with Crippen LogP contribution in [-0.2, 0) is 4.79 Å². The predicted octanol–water partition coefficient (Wildman–Crippen LogP) is 3.14. The largest absolute Gasteiger partial charge is 0.478 e. The topological polar surface area (TPSA) is 40.5 Å². The quantitative estimate of drug-likeness (QED) is 0.827. The molecule has 3 heteroatoms. The van der Waals surface area contributed by atoms with Crippen LogP contribution < -0.4 is 4.90 Å². The Hall–Kier alpha value is -1.77. The number of aliphatic carboxylic acids is 1. The van der Waals surface area contributed by atoms with Crippen LogP contribution in [0.15, 0.2) is 35.9 Å². The summed E-state index contributed by atoms with van der Waals surface area (Å²) >= 11 is 0. The van der Waals surface area contributed by atoms with Crippen molar-refractivity contribution < 1.29 is 9.90 Å². The molecule has 2 aliphatic heterocycles. The Balaban J connectivity index is 1.88. The van der Waals surface area contributed by atoms with E-state index in [-0.39, 0.29) is 0 Å². The summed E-state index contributed by atoms with van der Waals surface area (Å²) in [4.78, 5) is 13.3. The highest BCUT2D eigenvalue weighted by Crippen LogP contribution is 2.42. The van der Waals surface area contributed by atoms with E-state index in [2.05, 4.69) is 36.1 Å². The van der Waals surface area contributed by atoms with E-state index in [1.165, 1.54) is 30.2 Å². The van der Waals surface area contributed by atoms with Crippen molar-refractivity contribution in [1.82, 2.24) is 0 Å². The SMILES string of the molecule is Cc1ccccc1N1C2CCC1CC(=CC(=O)O)C2. The van der Waals surface area contributed by atoms with E-state index in [0.29, 0.717) is 12.1 Å². The molecule has 3 rings (SSSR count). The number of carboxylic acid groups (broad SMARTS) is 1. The average Bonchev–Trinajstić information content (AvgIpc) is 2.62. The van der Waals surface area contributed by atoms with E-state index in [9.17, 15) is 4.79 Å². The molecule has 2 aliphatic rings. The summed E-state index contributed by atoms with van der Waals surface area (Å²) in [6, 6.07) is 9.45. The third-order valence-corrected chi connectivity index (χ3v) is 4.34. The van der Waals surface area contributed by atoms with Crippen molar-refractivity contribution in [3.05, 3.63) is 41.5 Å². The highest BCUT2D eigenvalue weighted by atomic mass is 16.4. The third-order valence-electron chi connectivity index (χ3n) is 4.34. The van der Waals surface area contributed by atoms with Crippen molar-refractivity contribution >= 4 is 11.7 Å². The molecule has 100 valence electrons. The molecule has 0 amide bonds. The predicted molar refractivity (Wildman–Crippen MR) is 75.4 cm³/mol. The number of hydrogen-bond donors (Lipinski definition) is 1. The van der Waals surface area contributed by atoms with Crippen LogP contribution in [0.1, 0.15) is 31.2 Å². The van der Waals surface area contributed by atoms with Crippen molar-refractivity contribution in [3.63, 3.8) is 0 Å². The molecule has 2 heterocycles. The number of hydrogen-bond acceptors (Lipinski definition) is 2. The van der Waals surface area contributed by atoms with E-state index in [0.717, 1.165) is 18.4 Å². The van der Waals surface area contributed by atoms with Crippen LogP contribution in [0, 0.1) is 6.92 Å². The summed E-state index contributed by atoms with van der Waals surface area (Å²) < 4.78 is 0. The zero-order valence-corrected chi connectivity index (χ0v) is 11.2. The monoisotopic (exact) mass is 257 g/mol. The molecular formula is C16H19NO2. The Labute approximate surface area is 113 Å². The Morgan fingerprint density at radius 1 is 1.26 bits per heavy atom. The molecule has 1 aromatic carbocycles. The standard InChI is InChI=1S/C16H19NO2/c1-11-4-2-3-5-15(11)17-13-6-7-14(17)9-12(8-13)10-16(18)19/h2-5,10,13-14H,6-9H2,1H3,(H,18,19). The molecule has 0 aromatic heterocycles. The minimum Gasteiger partial charge on any atom is -0.478 e. The molecule has 0 aliphatic carbocycles. The molecule has 2 saturated heterocycles. The third kappa shape index (κ3) is 2.25. The summed E-state index contributed by atoms with van der Waals surface area (Å²) in [6.07, 6.45) is 5.57. The number of carboxylic acids is 1. The molecule has 2 unspecified atom stereocenters. The molecule has 3 nitrogen and oxygen atoms in total. The fourth-order valence-corrected chi connectivity index (χ4v) is 3.59. The minimum atomic E-state index is -0.807. The maximum Gasteiger partial charge on any atom is 0.328 e. The van der Waals surface area contributed by atoms with Crippen molar-refractivity contribution in [2.75, 3.05) is 4.90 Å². The van der Waals surface area contributed by atoms with Crippen LogP contribution in [0.2, 0.25) is 0 Å². The molecule has 0 spiro atoms. The molecule has 0 radical (unpaired) electrons. The molecule has 19 heavy (non-hydrogen) atoms. The molecule has 0 saturated carbocycles. The molecule has 2 bridgehead atoms. The fourth-order valence-electron chi connectivity index (χ4n) is 3.59. The van der Waals surface area contributed by atoms with Gasteiger partial charge in [0.1, 0.15) is 0 Å². The van der Waals surface area contributed by atoms with Gasteiger partial charge in [-0.05, 0) is 44.2 Å². The normalized spacial score (nSPS) is 25.5. The Kier molecular flexibility index (Phi) is 3.05. The van der Waals surface area contributed by atoms with Gasteiger partial charge in [-0.1, -0.05) is 23.8 Å². The number of benzene rings is 1. The van der Waals surface area contributed by atoms with Gasteiger partial charge in [-0.3, -0.25) is 0 Å². The van der Waals surface area contributed by atoms with Gasteiger partial charge in [0.25, 0.3) is 0 Å². The molecule has 1 N–H and O–H groups in total. The number of nitrogens with zero attached hydrogens (tertiary/aromatic N) is 1. The smallest absolute Gasteiger partial charge is 0.328 e. The lowest BCUT2D eigenvalue weighted by Crippen LogP contribution is -2.41. The second-order valence-electron chi connectivity index (χ2n) is 5.63. The van der Waals surface area contributed by atoms with E-state index in [4.69, 9.17) is 5.11 Å². The van der Waals surface area contributed by atoms with Gasteiger partial charge in [-0.25, -0.2) is 4.79 Å². The van der Waals surface area contributed by atoms with Crippen LogP contribution in [0.3, 0.4) is 0 Å². The van der Waals surface area contributed by atoms with Crippen LogP contribution in [0.25, 0.3) is 0 Å². The van der Waals surface area contributed by atoms with Crippen LogP contribution in [0.4, 0.5) is 5.69 Å². The van der Waals surface area contributed by atoms with Crippen LogP contribution >= 0.6 is 0 Å². The number of rotatable bonds is 2. The van der Waals surface area contributed by atoms with Gasteiger partial charge >= 0.3 is 5.97 Å². The van der Waals surface area contributed by atoms with Gasteiger partial charge in [0.05, 0.1) is 0 Å². The first-order valence-electron chi connectivity index (χ1n) is 6.91. The highest BCUT2D eigenvalue weighted by Gasteiger charge is 2.39. The van der Waals surface area contributed by atoms with Crippen LogP contribution in [-0.4, -0.2) is 23.2 Å². The van der Waals surface area contributed by atoms with Gasteiger partial charge in [-0.2, -0.15) is 0 Å². The second-order valence-corrected chi connectivity index (χ2v) is 5.63. The summed E-state index contributed by atoms with van der Waals surface area (Å²) in [6.45, 7) is 2.15. The zero-order chi connectivity index (χ0) is 13.4. The Morgan fingerprint density at radius 3 is 2.47 bits per heavy atom.